The molecule has 0 saturated heterocycles. The van der Waals surface area contributed by atoms with E-state index in [1.807, 2.05) is 43.3 Å². The fourth-order valence-corrected chi connectivity index (χ4v) is 11.9. The third-order valence-electron chi connectivity index (χ3n) is 11.1. The van der Waals surface area contributed by atoms with Crippen LogP contribution in [-0.4, -0.2) is 32.8 Å². The molecule has 0 atom stereocenters. The first kappa shape index (κ1) is 39.9. The van der Waals surface area contributed by atoms with Crippen molar-refractivity contribution in [3.63, 3.8) is 0 Å². The summed E-state index contributed by atoms with van der Waals surface area (Å²) in [5, 5.41) is 2.03. The van der Waals surface area contributed by atoms with Crippen molar-refractivity contribution in [1.82, 2.24) is 19.5 Å². The maximum Gasteiger partial charge on any atom is 0 e. The number of hydrogen-bond donors (Lipinski definition) is 0. The first-order chi connectivity index (χ1) is 26.5. The van der Waals surface area contributed by atoms with E-state index in [0.29, 0.717) is 5.71 Å². The number of rotatable bonds is 6. The molecule has 0 aliphatic heterocycles. The molecule has 1 aliphatic carbocycles. The number of aromatic nitrogens is 4. The summed E-state index contributed by atoms with van der Waals surface area (Å²) in [7, 11) is 0. The van der Waals surface area contributed by atoms with E-state index >= 15 is 0 Å². The standard InChI is InChI=1S/C28H22N3O.C21H28GeN.Ir/c1-16-14-17(2)25(18(3)15-16)31-24-11-6-5-10-23(24)30-27(31)22-9-7-8-20-21-13-12-19(4)29-28(21)32-26(20)22;1-22(2,3)20-16-23-21(18-12-8-5-9-13-18)15-19(20)14-17-10-6-4-7-11-17;/h5-8,10-15H,1-4H3;5,8-9,12,15-17H,4,6-7,10-11,14H2,1-3H3;/q2*-1;. The molecule has 4 aromatic heterocycles. The summed E-state index contributed by atoms with van der Waals surface area (Å²) in [4.78, 5) is 14.4. The van der Waals surface area contributed by atoms with Crippen LogP contribution < -0.4 is 4.40 Å². The Hall–Kier alpha value is -4.36. The Morgan fingerprint density at radius 1 is 0.786 bits per heavy atom. The van der Waals surface area contributed by atoms with Gasteiger partial charge >= 0.3 is 144 Å². The van der Waals surface area contributed by atoms with Gasteiger partial charge in [0, 0.05) is 36.9 Å². The van der Waals surface area contributed by atoms with E-state index in [-0.39, 0.29) is 20.1 Å². The van der Waals surface area contributed by atoms with Gasteiger partial charge in [0.05, 0.1) is 22.4 Å². The van der Waals surface area contributed by atoms with Crippen molar-refractivity contribution in [2.24, 2.45) is 5.92 Å². The number of furan rings is 1. The van der Waals surface area contributed by atoms with Crippen molar-refractivity contribution in [3.8, 4) is 28.3 Å². The van der Waals surface area contributed by atoms with E-state index in [9.17, 15) is 0 Å². The molecule has 0 amide bonds. The maximum atomic E-state index is 6.29. The van der Waals surface area contributed by atoms with Crippen molar-refractivity contribution < 1.29 is 24.5 Å². The third kappa shape index (κ3) is 8.07. The molecule has 4 aromatic carbocycles. The molecule has 0 N–H and O–H groups in total. The Bertz CT molecular complexity index is 2620. The summed E-state index contributed by atoms with van der Waals surface area (Å²) < 4.78 is 10.1. The predicted octanol–water partition coefficient (Wildman–Crippen LogP) is 12.2. The average Bonchev–Trinajstić information content (AvgIpc) is 3.73. The number of hydrogen-bond acceptors (Lipinski definition) is 4. The number of aryl methyl sites for hydroxylation is 4. The minimum atomic E-state index is -1.89. The fourth-order valence-electron chi connectivity index (χ4n) is 8.57. The van der Waals surface area contributed by atoms with Crippen molar-refractivity contribution in [1.29, 1.82) is 0 Å². The van der Waals surface area contributed by atoms with Crippen LogP contribution >= 0.6 is 0 Å². The molecule has 0 spiro atoms. The summed E-state index contributed by atoms with van der Waals surface area (Å²) in [6.45, 7) is 8.43. The van der Waals surface area contributed by atoms with Gasteiger partial charge in [-0.1, -0.05) is 40.8 Å². The van der Waals surface area contributed by atoms with Gasteiger partial charge in [-0.2, -0.15) is 0 Å². The van der Waals surface area contributed by atoms with Crippen LogP contribution in [0.5, 0.6) is 0 Å². The van der Waals surface area contributed by atoms with Gasteiger partial charge in [-0.15, -0.1) is 18.2 Å². The Labute approximate surface area is 347 Å². The fraction of sp³-hybridized carbons (Fsp3) is 0.286. The van der Waals surface area contributed by atoms with Crippen LogP contribution in [0.1, 0.15) is 60.1 Å². The minimum Gasteiger partial charge on any atom is 0 e. The first-order valence-electron chi connectivity index (χ1n) is 19.8. The average molecular weight is 976 g/mol. The second-order valence-corrected chi connectivity index (χ2v) is 27.0. The molecular weight excluding hydrogens is 925 g/mol. The Balaban J connectivity index is 0.000000178. The van der Waals surface area contributed by atoms with Gasteiger partial charge in [-0.05, 0) is 63.1 Å². The number of nitrogens with zero attached hydrogens (tertiary/aromatic N) is 4. The van der Waals surface area contributed by atoms with E-state index in [4.69, 9.17) is 14.4 Å². The molecule has 5 nitrogen and oxygen atoms in total. The minimum absolute atomic E-state index is 0. The molecule has 1 fully saturated rings. The largest absolute Gasteiger partial charge is 0 e. The van der Waals surface area contributed by atoms with Crippen LogP contribution in [0.15, 0.2) is 102 Å². The van der Waals surface area contributed by atoms with Crippen molar-refractivity contribution in [2.75, 3.05) is 0 Å². The summed E-state index contributed by atoms with van der Waals surface area (Å²) in [5.41, 5.74) is 13.8. The van der Waals surface area contributed by atoms with Crippen LogP contribution in [0.4, 0.5) is 0 Å². The third-order valence-corrected chi connectivity index (χ3v) is 15.4. The van der Waals surface area contributed by atoms with Crippen molar-refractivity contribution in [3.05, 3.63) is 137 Å². The number of para-hydroxylation sites is 2. The zero-order chi connectivity index (χ0) is 38.3. The molecule has 0 bridgehead atoms. The zero-order valence-corrected chi connectivity index (χ0v) is 38.1. The van der Waals surface area contributed by atoms with Crippen LogP contribution in [0, 0.1) is 45.7 Å². The van der Waals surface area contributed by atoms with Gasteiger partial charge in [0.1, 0.15) is 0 Å². The van der Waals surface area contributed by atoms with Crippen LogP contribution in [0.3, 0.4) is 0 Å². The van der Waals surface area contributed by atoms with Crippen molar-refractivity contribution in [2.45, 2.75) is 83.5 Å². The molecule has 1 saturated carbocycles. The van der Waals surface area contributed by atoms with E-state index in [1.54, 1.807) is 9.96 Å². The van der Waals surface area contributed by atoms with Crippen LogP contribution in [0.25, 0.3) is 61.4 Å². The molecule has 1 radical (unpaired) electrons. The van der Waals surface area contributed by atoms with E-state index in [0.717, 1.165) is 67.3 Å². The van der Waals surface area contributed by atoms with E-state index < -0.39 is 13.3 Å². The number of fused-ring (bicyclic) bond motifs is 4. The molecule has 56 heavy (non-hydrogen) atoms. The van der Waals surface area contributed by atoms with E-state index in [2.05, 4.69) is 121 Å². The topological polar surface area (TPSA) is 56.7 Å². The molecule has 4 heterocycles. The Kier molecular flexibility index (Phi) is 11.8. The Morgan fingerprint density at radius 3 is 2.27 bits per heavy atom. The molecule has 1 aliphatic rings. The molecule has 9 rings (SSSR count). The maximum absolute atomic E-state index is 6.29. The first-order valence-corrected chi connectivity index (χ1v) is 27.1. The smallest absolute Gasteiger partial charge is 0 e. The monoisotopic (exact) mass is 977 g/mol. The second kappa shape index (κ2) is 16.6. The van der Waals surface area contributed by atoms with Crippen molar-refractivity contribution >= 4 is 50.8 Å². The Morgan fingerprint density at radius 2 is 1.54 bits per heavy atom. The SMILES string of the molecule is Cc1cc(C)c(-n2c(-c3[c-]ccc4c3oc3nc(C)ccc34)nc3ccccc32)c(C)c1.[CH3][Ge]([CH3])([CH3])[c]1cnc(-c2[c-]cccc2)cc1CC1CCCCC1.[Ir]. The van der Waals surface area contributed by atoms with Crippen LogP contribution in [0.2, 0.25) is 17.3 Å². The van der Waals surface area contributed by atoms with E-state index in [1.165, 1.54) is 55.2 Å². The summed E-state index contributed by atoms with van der Waals surface area (Å²) >= 11 is -1.89. The normalized spacial score (nSPS) is 13.5. The molecule has 7 heteroatoms. The van der Waals surface area contributed by atoms with Gasteiger partial charge in [0.25, 0.3) is 0 Å². The summed E-state index contributed by atoms with van der Waals surface area (Å²) in [6, 6.07) is 38.1. The number of imidazole rings is 1. The second-order valence-electron chi connectivity index (χ2n) is 16.5. The zero-order valence-electron chi connectivity index (χ0n) is 33.6. The quantitative estimate of drug-likeness (QED) is 0.123. The molecule has 287 valence electrons. The van der Waals surface area contributed by atoms with Gasteiger partial charge in [-0.25, -0.2) is 4.98 Å². The molecule has 8 aromatic rings. The van der Waals surface area contributed by atoms with Gasteiger partial charge in [0.2, 0.25) is 5.71 Å². The van der Waals surface area contributed by atoms with Gasteiger partial charge in [-0.3, -0.25) is 4.98 Å². The number of pyridine rings is 2. The van der Waals surface area contributed by atoms with Gasteiger partial charge < -0.3 is 8.98 Å². The van der Waals surface area contributed by atoms with Gasteiger partial charge in [0.15, 0.2) is 0 Å². The predicted molar refractivity (Wildman–Crippen MR) is 231 cm³/mol. The van der Waals surface area contributed by atoms with Crippen LogP contribution in [-0.2, 0) is 26.5 Å². The summed E-state index contributed by atoms with van der Waals surface area (Å²) in [5.74, 6) is 9.14. The molecule has 0 unspecified atom stereocenters. The molecular formula is C49H50GeIrN4O-2. The number of benzene rings is 4. The summed E-state index contributed by atoms with van der Waals surface area (Å²) in [6.07, 6.45) is 10.5.